The van der Waals surface area contributed by atoms with Crippen molar-refractivity contribution in [3.8, 4) is 11.5 Å². The lowest BCUT2D eigenvalue weighted by Gasteiger charge is -2.14. The maximum Gasteiger partial charge on any atom is 0.190 e. The van der Waals surface area contributed by atoms with E-state index in [0.29, 0.717) is 19.8 Å². The Morgan fingerprint density at radius 3 is 2.48 bits per heavy atom. The van der Waals surface area contributed by atoms with Gasteiger partial charge in [-0.3, -0.25) is 4.99 Å². The number of methoxy groups -OCH3 is 3. The van der Waals surface area contributed by atoms with Gasteiger partial charge in [-0.1, -0.05) is 0 Å². The van der Waals surface area contributed by atoms with Crippen molar-refractivity contribution in [1.29, 1.82) is 0 Å². The molecule has 0 bridgehead atoms. The SMILES string of the molecule is CN=C(NCCCOCCOC)NCCc1cc(OC)ccc1OC. The van der Waals surface area contributed by atoms with Gasteiger partial charge >= 0.3 is 0 Å². The Labute approximate surface area is 150 Å². The summed E-state index contributed by atoms with van der Waals surface area (Å²) in [6, 6.07) is 5.81. The Balaban J connectivity index is 2.29. The van der Waals surface area contributed by atoms with E-state index in [1.54, 1.807) is 28.4 Å². The standard InChI is InChI=1S/C18H31N3O4/c1-19-18(20-9-5-11-25-13-12-22-2)21-10-8-15-14-16(23-3)6-7-17(15)24-4/h6-7,14H,5,8-13H2,1-4H3,(H2,19,20,21). The highest BCUT2D eigenvalue weighted by Crippen LogP contribution is 2.24. The molecule has 1 rings (SSSR count). The van der Waals surface area contributed by atoms with Crippen molar-refractivity contribution in [3.05, 3.63) is 23.8 Å². The fourth-order valence-corrected chi connectivity index (χ4v) is 2.24. The van der Waals surface area contributed by atoms with Crippen LogP contribution in [-0.4, -0.2) is 67.2 Å². The zero-order valence-electron chi connectivity index (χ0n) is 15.8. The van der Waals surface area contributed by atoms with Crippen molar-refractivity contribution < 1.29 is 18.9 Å². The minimum absolute atomic E-state index is 0.629. The molecule has 25 heavy (non-hydrogen) atoms. The third kappa shape index (κ3) is 8.60. The van der Waals surface area contributed by atoms with E-state index in [-0.39, 0.29) is 0 Å². The smallest absolute Gasteiger partial charge is 0.190 e. The molecule has 1 aromatic rings. The van der Waals surface area contributed by atoms with Crippen LogP contribution in [0.3, 0.4) is 0 Å². The number of ether oxygens (including phenoxy) is 4. The molecule has 0 aliphatic rings. The Bertz CT molecular complexity index is 509. The van der Waals surface area contributed by atoms with Gasteiger partial charge in [0.15, 0.2) is 5.96 Å². The normalized spacial score (nSPS) is 11.3. The number of hydrogen-bond acceptors (Lipinski definition) is 5. The van der Waals surface area contributed by atoms with Crippen LogP contribution in [0.25, 0.3) is 0 Å². The summed E-state index contributed by atoms with van der Waals surface area (Å²) < 4.78 is 21.0. The fraction of sp³-hybridized carbons (Fsp3) is 0.611. The van der Waals surface area contributed by atoms with Gasteiger partial charge in [0.1, 0.15) is 11.5 Å². The molecule has 0 atom stereocenters. The second-order valence-electron chi connectivity index (χ2n) is 5.31. The number of hydrogen-bond donors (Lipinski definition) is 2. The van der Waals surface area contributed by atoms with Crippen LogP contribution < -0.4 is 20.1 Å². The molecule has 2 N–H and O–H groups in total. The summed E-state index contributed by atoms with van der Waals surface area (Å²) >= 11 is 0. The number of benzene rings is 1. The van der Waals surface area contributed by atoms with Gasteiger partial charge in [0.2, 0.25) is 0 Å². The lowest BCUT2D eigenvalue weighted by molar-refractivity contribution is 0.0698. The van der Waals surface area contributed by atoms with Crippen LogP contribution in [0.2, 0.25) is 0 Å². The zero-order valence-corrected chi connectivity index (χ0v) is 15.8. The number of nitrogens with one attached hydrogen (secondary N) is 2. The lowest BCUT2D eigenvalue weighted by atomic mass is 10.1. The first-order valence-electron chi connectivity index (χ1n) is 8.47. The first-order chi connectivity index (χ1) is 12.2. The average molecular weight is 353 g/mol. The number of guanidine groups is 1. The quantitative estimate of drug-likeness (QED) is 0.337. The topological polar surface area (TPSA) is 73.3 Å². The van der Waals surface area contributed by atoms with Crippen molar-refractivity contribution in [2.45, 2.75) is 12.8 Å². The molecule has 0 unspecified atom stereocenters. The molecule has 0 amide bonds. The summed E-state index contributed by atoms with van der Waals surface area (Å²) in [5.41, 5.74) is 1.09. The summed E-state index contributed by atoms with van der Waals surface area (Å²) in [6.07, 6.45) is 1.72. The maximum absolute atomic E-state index is 5.42. The van der Waals surface area contributed by atoms with Crippen molar-refractivity contribution in [2.75, 3.05) is 61.3 Å². The number of nitrogens with zero attached hydrogens (tertiary/aromatic N) is 1. The average Bonchev–Trinajstić information content (AvgIpc) is 2.65. The summed E-state index contributed by atoms with van der Waals surface area (Å²) in [5.74, 6) is 2.46. The third-order valence-electron chi connectivity index (χ3n) is 3.59. The van der Waals surface area contributed by atoms with Crippen molar-refractivity contribution in [3.63, 3.8) is 0 Å². The van der Waals surface area contributed by atoms with Crippen LogP contribution in [-0.2, 0) is 15.9 Å². The summed E-state index contributed by atoms with van der Waals surface area (Å²) in [4.78, 5) is 4.22. The van der Waals surface area contributed by atoms with Crippen LogP contribution in [0.4, 0.5) is 0 Å². The predicted molar refractivity (Wildman–Crippen MR) is 99.9 cm³/mol. The van der Waals surface area contributed by atoms with Crippen LogP contribution in [0.1, 0.15) is 12.0 Å². The van der Waals surface area contributed by atoms with Gasteiger partial charge in [0, 0.05) is 33.9 Å². The maximum atomic E-state index is 5.42. The molecule has 142 valence electrons. The first-order valence-corrected chi connectivity index (χ1v) is 8.47. The molecule has 0 spiro atoms. The molecule has 7 nitrogen and oxygen atoms in total. The van der Waals surface area contributed by atoms with Crippen LogP contribution in [0.5, 0.6) is 11.5 Å². The van der Waals surface area contributed by atoms with E-state index in [9.17, 15) is 0 Å². The summed E-state index contributed by atoms with van der Waals surface area (Å²) in [7, 11) is 6.76. The predicted octanol–water partition coefficient (Wildman–Crippen LogP) is 1.46. The molecule has 0 saturated carbocycles. The largest absolute Gasteiger partial charge is 0.497 e. The lowest BCUT2D eigenvalue weighted by Crippen LogP contribution is -2.39. The highest BCUT2D eigenvalue weighted by atomic mass is 16.5. The van der Waals surface area contributed by atoms with Crippen LogP contribution in [0, 0.1) is 0 Å². The molecular weight excluding hydrogens is 322 g/mol. The van der Waals surface area contributed by atoms with Gasteiger partial charge < -0.3 is 29.6 Å². The van der Waals surface area contributed by atoms with Gasteiger partial charge in [0.05, 0.1) is 27.4 Å². The van der Waals surface area contributed by atoms with E-state index < -0.39 is 0 Å². The highest BCUT2D eigenvalue weighted by molar-refractivity contribution is 5.79. The molecule has 0 aliphatic heterocycles. The van der Waals surface area contributed by atoms with Crippen LogP contribution in [0.15, 0.2) is 23.2 Å². The van der Waals surface area contributed by atoms with Crippen molar-refractivity contribution in [2.24, 2.45) is 4.99 Å². The molecule has 0 heterocycles. The molecule has 0 radical (unpaired) electrons. The van der Waals surface area contributed by atoms with E-state index in [2.05, 4.69) is 15.6 Å². The fourth-order valence-electron chi connectivity index (χ4n) is 2.24. The molecule has 1 aromatic carbocycles. The zero-order chi connectivity index (χ0) is 18.3. The first kappa shape index (κ1) is 21.1. The van der Waals surface area contributed by atoms with E-state index >= 15 is 0 Å². The summed E-state index contributed by atoms with van der Waals surface area (Å²) in [6.45, 7) is 3.51. The number of rotatable bonds is 12. The Hall–Kier alpha value is -1.99. The number of aliphatic imine (C=N–C) groups is 1. The van der Waals surface area contributed by atoms with Gasteiger partial charge in [-0.2, -0.15) is 0 Å². The van der Waals surface area contributed by atoms with Gasteiger partial charge in [-0.05, 0) is 36.6 Å². The van der Waals surface area contributed by atoms with Crippen molar-refractivity contribution >= 4 is 5.96 Å². The Morgan fingerprint density at radius 2 is 1.80 bits per heavy atom. The monoisotopic (exact) mass is 353 g/mol. The van der Waals surface area contributed by atoms with E-state index in [1.807, 2.05) is 18.2 Å². The molecule has 7 heteroatoms. The van der Waals surface area contributed by atoms with Gasteiger partial charge in [-0.15, -0.1) is 0 Å². The molecule has 0 aromatic heterocycles. The molecular formula is C18H31N3O4. The van der Waals surface area contributed by atoms with E-state index in [4.69, 9.17) is 18.9 Å². The minimum Gasteiger partial charge on any atom is -0.497 e. The minimum atomic E-state index is 0.629. The second-order valence-corrected chi connectivity index (χ2v) is 5.31. The third-order valence-corrected chi connectivity index (χ3v) is 3.59. The molecule has 0 fully saturated rings. The highest BCUT2D eigenvalue weighted by Gasteiger charge is 2.05. The van der Waals surface area contributed by atoms with Crippen molar-refractivity contribution in [1.82, 2.24) is 10.6 Å². The second kappa shape index (κ2) is 13.3. The van der Waals surface area contributed by atoms with Crippen LogP contribution >= 0.6 is 0 Å². The Morgan fingerprint density at radius 1 is 1.00 bits per heavy atom. The molecule has 0 aliphatic carbocycles. The van der Waals surface area contributed by atoms with E-state index in [0.717, 1.165) is 49.0 Å². The van der Waals surface area contributed by atoms with Gasteiger partial charge in [0.25, 0.3) is 0 Å². The van der Waals surface area contributed by atoms with Gasteiger partial charge in [-0.25, -0.2) is 0 Å². The van der Waals surface area contributed by atoms with E-state index in [1.165, 1.54) is 0 Å². The Kier molecular flexibility index (Phi) is 11.2. The molecule has 0 saturated heterocycles. The summed E-state index contributed by atoms with van der Waals surface area (Å²) in [5, 5.41) is 6.57.